The molecule has 0 radical (unpaired) electrons. The van der Waals surface area contributed by atoms with Gasteiger partial charge in [-0.1, -0.05) is 6.07 Å². The zero-order chi connectivity index (χ0) is 15.7. The SMILES string of the molecule is COC(=O)C1=C(C)NC2=C(C(=O)CCC2)[C@H]1c1ccccn1. The van der Waals surface area contributed by atoms with Crippen LogP contribution < -0.4 is 5.32 Å². The molecular weight excluding hydrogens is 280 g/mol. The highest BCUT2D eigenvalue weighted by atomic mass is 16.5. The van der Waals surface area contributed by atoms with Gasteiger partial charge in [0.25, 0.3) is 0 Å². The number of aromatic nitrogens is 1. The number of ether oxygens (including phenoxy) is 1. The Balaban J connectivity index is 2.18. The Labute approximate surface area is 129 Å². The lowest BCUT2D eigenvalue weighted by Crippen LogP contribution is -2.34. The minimum Gasteiger partial charge on any atom is -0.466 e. The van der Waals surface area contributed by atoms with Crippen molar-refractivity contribution in [1.29, 1.82) is 0 Å². The maximum absolute atomic E-state index is 12.5. The Morgan fingerprint density at radius 1 is 1.36 bits per heavy atom. The number of nitrogens with zero attached hydrogens (tertiary/aromatic N) is 1. The zero-order valence-corrected chi connectivity index (χ0v) is 12.7. The molecule has 1 aliphatic carbocycles. The molecule has 2 heterocycles. The molecule has 1 aromatic rings. The quantitative estimate of drug-likeness (QED) is 0.848. The maximum Gasteiger partial charge on any atom is 0.336 e. The molecule has 3 rings (SSSR count). The molecule has 5 heteroatoms. The van der Waals surface area contributed by atoms with Gasteiger partial charge in [-0.2, -0.15) is 0 Å². The van der Waals surface area contributed by atoms with Gasteiger partial charge in [0.1, 0.15) is 0 Å². The summed E-state index contributed by atoms with van der Waals surface area (Å²) in [5.41, 5.74) is 3.48. The number of Topliss-reactive ketones (excluding diaryl/α,β-unsaturated/α-hetero) is 1. The van der Waals surface area contributed by atoms with Crippen molar-refractivity contribution < 1.29 is 14.3 Å². The number of rotatable bonds is 2. The molecule has 0 spiro atoms. The van der Waals surface area contributed by atoms with Gasteiger partial charge in [0.2, 0.25) is 0 Å². The molecule has 0 amide bonds. The monoisotopic (exact) mass is 298 g/mol. The molecule has 1 aliphatic heterocycles. The number of allylic oxidation sites excluding steroid dienone is 3. The molecule has 22 heavy (non-hydrogen) atoms. The predicted octanol–water partition coefficient (Wildman–Crippen LogP) is 2.22. The van der Waals surface area contributed by atoms with Gasteiger partial charge in [0.15, 0.2) is 5.78 Å². The Morgan fingerprint density at radius 2 is 2.18 bits per heavy atom. The summed E-state index contributed by atoms with van der Waals surface area (Å²) in [6, 6.07) is 5.53. The topological polar surface area (TPSA) is 68.3 Å². The first-order valence-corrected chi connectivity index (χ1v) is 7.36. The number of pyridine rings is 1. The van der Waals surface area contributed by atoms with Crippen LogP contribution in [0.1, 0.15) is 37.8 Å². The normalized spacial score (nSPS) is 21.4. The van der Waals surface area contributed by atoms with Gasteiger partial charge in [-0.15, -0.1) is 0 Å². The predicted molar refractivity (Wildman–Crippen MR) is 80.7 cm³/mol. The van der Waals surface area contributed by atoms with Gasteiger partial charge in [-0.25, -0.2) is 4.79 Å². The first-order valence-electron chi connectivity index (χ1n) is 7.36. The van der Waals surface area contributed by atoms with Crippen LogP contribution in [0.25, 0.3) is 0 Å². The summed E-state index contributed by atoms with van der Waals surface area (Å²) in [5, 5.41) is 3.22. The van der Waals surface area contributed by atoms with Crippen LogP contribution in [0.5, 0.6) is 0 Å². The average Bonchev–Trinajstić information content (AvgIpc) is 2.54. The third kappa shape index (κ3) is 2.32. The molecule has 114 valence electrons. The fourth-order valence-electron chi connectivity index (χ4n) is 3.21. The van der Waals surface area contributed by atoms with E-state index in [-0.39, 0.29) is 5.78 Å². The van der Waals surface area contributed by atoms with Crippen molar-refractivity contribution in [3.63, 3.8) is 0 Å². The van der Waals surface area contributed by atoms with Crippen LogP contribution in [-0.4, -0.2) is 23.8 Å². The molecule has 0 saturated heterocycles. The van der Waals surface area contributed by atoms with Gasteiger partial charge < -0.3 is 10.1 Å². The Hall–Kier alpha value is -2.43. The number of hydrogen-bond donors (Lipinski definition) is 1. The molecule has 1 aromatic heterocycles. The van der Waals surface area contributed by atoms with E-state index in [1.54, 1.807) is 6.20 Å². The minimum absolute atomic E-state index is 0.0818. The number of hydrogen-bond acceptors (Lipinski definition) is 5. The maximum atomic E-state index is 12.5. The van der Waals surface area contributed by atoms with Crippen LogP contribution in [0.4, 0.5) is 0 Å². The fraction of sp³-hybridized carbons (Fsp3) is 0.353. The summed E-state index contributed by atoms with van der Waals surface area (Å²) in [6.45, 7) is 1.84. The van der Waals surface area contributed by atoms with Crippen molar-refractivity contribution in [2.75, 3.05) is 7.11 Å². The standard InChI is InChI=1S/C17H18N2O3/c1-10-14(17(21)22-2)16(11-6-3-4-9-18-11)15-12(19-10)7-5-8-13(15)20/h3-4,6,9,16,19H,5,7-8H2,1-2H3/t16-/m0/s1. The first-order chi connectivity index (χ1) is 10.6. The van der Waals surface area contributed by atoms with Gasteiger partial charge in [0.05, 0.1) is 24.3 Å². The van der Waals surface area contributed by atoms with Crippen molar-refractivity contribution in [3.8, 4) is 0 Å². The highest BCUT2D eigenvalue weighted by molar-refractivity contribution is 6.03. The second-order valence-electron chi connectivity index (χ2n) is 5.51. The lowest BCUT2D eigenvalue weighted by atomic mass is 9.77. The highest BCUT2D eigenvalue weighted by Gasteiger charge is 2.39. The van der Waals surface area contributed by atoms with Gasteiger partial charge >= 0.3 is 5.97 Å². The zero-order valence-electron chi connectivity index (χ0n) is 12.7. The molecule has 1 atom stereocenters. The molecule has 2 aliphatic rings. The Bertz CT molecular complexity index is 689. The molecule has 0 saturated carbocycles. The van der Waals surface area contributed by atoms with Crippen molar-refractivity contribution >= 4 is 11.8 Å². The van der Waals surface area contributed by atoms with E-state index in [4.69, 9.17) is 4.74 Å². The van der Waals surface area contributed by atoms with Gasteiger partial charge in [-0.3, -0.25) is 9.78 Å². The van der Waals surface area contributed by atoms with E-state index in [1.807, 2.05) is 25.1 Å². The average molecular weight is 298 g/mol. The van der Waals surface area contributed by atoms with Crippen molar-refractivity contribution in [2.24, 2.45) is 0 Å². The molecule has 5 nitrogen and oxygen atoms in total. The summed E-state index contributed by atoms with van der Waals surface area (Å²) in [4.78, 5) is 29.1. The van der Waals surface area contributed by atoms with E-state index in [9.17, 15) is 9.59 Å². The number of methoxy groups -OCH3 is 1. The van der Waals surface area contributed by atoms with E-state index in [2.05, 4.69) is 10.3 Å². The fourth-order valence-corrected chi connectivity index (χ4v) is 3.21. The summed E-state index contributed by atoms with van der Waals surface area (Å²) < 4.78 is 4.93. The lowest BCUT2D eigenvalue weighted by Gasteiger charge is -2.33. The Morgan fingerprint density at radius 3 is 2.86 bits per heavy atom. The molecule has 0 bridgehead atoms. The molecule has 1 N–H and O–H groups in total. The third-order valence-corrected chi connectivity index (χ3v) is 4.16. The largest absolute Gasteiger partial charge is 0.466 e. The van der Waals surface area contributed by atoms with Crippen LogP contribution in [0.15, 0.2) is 46.9 Å². The van der Waals surface area contributed by atoms with E-state index < -0.39 is 11.9 Å². The van der Waals surface area contributed by atoms with Gasteiger partial charge in [0, 0.05) is 29.6 Å². The summed E-state index contributed by atoms with van der Waals surface area (Å²) >= 11 is 0. The molecular formula is C17H18N2O3. The number of nitrogens with one attached hydrogen (secondary N) is 1. The number of dihydropyridines is 1. The number of carbonyl (C=O) groups excluding carboxylic acids is 2. The molecule has 0 aromatic carbocycles. The van der Waals surface area contributed by atoms with E-state index in [0.29, 0.717) is 23.3 Å². The lowest BCUT2D eigenvalue weighted by molar-refractivity contribution is -0.136. The van der Waals surface area contributed by atoms with Crippen LogP contribution in [0.3, 0.4) is 0 Å². The molecule has 0 fully saturated rings. The first kappa shape index (κ1) is 14.5. The van der Waals surface area contributed by atoms with Crippen LogP contribution >= 0.6 is 0 Å². The van der Waals surface area contributed by atoms with E-state index in [0.717, 1.165) is 24.2 Å². The van der Waals surface area contributed by atoms with Gasteiger partial charge in [-0.05, 0) is 31.9 Å². The summed E-state index contributed by atoms with van der Waals surface area (Å²) in [6.07, 6.45) is 3.84. The number of ketones is 1. The van der Waals surface area contributed by atoms with Crippen LogP contribution in [0.2, 0.25) is 0 Å². The second-order valence-corrected chi connectivity index (χ2v) is 5.51. The highest BCUT2D eigenvalue weighted by Crippen LogP contribution is 2.41. The van der Waals surface area contributed by atoms with Crippen LogP contribution in [-0.2, 0) is 14.3 Å². The van der Waals surface area contributed by atoms with E-state index in [1.165, 1.54) is 7.11 Å². The summed E-state index contributed by atoms with van der Waals surface area (Å²) in [7, 11) is 1.35. The van der Waals surface area contributed by atoms with Crippen LogP contribution in [0, 0.1) is 0 Å². The smallest absolute Gasteiger partial charge is 0.336 e. The van der Waals surface area contributed by atoms with Crippen molar-refractivity contribution in [2.45, 2.75) is 32.1 Å². The number of esters is 1. The summed E-state index contributed by atoms with van der Waals surface area (Å²) in [5.74, 6) is -0.790. The Kier molecular flexibility index (Phi) is 3.79. The number of carbonyl (C=O) groups is 2. The van der Waals surface area contributed by atoms with Crippen molar-refractivity contribution in [1.82, 2.24) is 10.3 Å². The van der Waals surface area contributed by atoms with Crippen molar-refractivity contribution in [3.05, 3.63) is 52.6 Å². The minimum atomic E-state index is -0.447. The third-order valence-electron chi connectivity index (χ3n) is 4.16. The second kappa shape index (κ2) is 5.75. The van der Waals surface area contributed by atoms with E-state index >= 15 is 0 Å². The molecule has 0 unspecified atom stereocenters.